The Morgan fingerprint density at radius 2 is 1.34 bits per heavy atom. The molecule has 44 heavy (non-hydrogen) atoms. The van der Waals surface area contributed by atoms with Gasteiger partial charge in [-0.1, -0.05) is 91.0 Å². The summed E-state index contributed by atoms with van der Waals surface area (Å²) in [6.45, 7) is -0.348. The predicted molar refractivity (Wildman–Crippen MR) is 155 cm³/mol. The van der Waals surface area contributed by atoms with Crippen molar-refractivity contribution in [2.45, 2.75) is 25.4 Å². The van der Waals surface area contributed by atoms with Crippen LogP contribution in [0.5, 0.6) is 5.75 Å². The average Bonchev–Trinajstić information content (AvgIpc) is 3.04. The highest BCUT2D eigenvalue weighted by Gasteiger charge is 2.36. The van der Waals surface area contributed by atoms with Gasteiger partial charge >= 0.3 is 17.7 Å². The van der Waals surface area contributed by atoms with E-state index in [1.807, 2.05) is 36.4 Å². The fraction of sp³-hybridized carbons (Fsp3) is 0.161. The smallest absolute Gasteiger partial charge is 0.408 e. The standard InChI is InChI=1S/C31H27N3O10/c35-30(44-27-17-16-25(33(37)38)18-26(27)34(39)40)29(43-21-41-19-22-10-4-1-5-11-22)28(24-14-8-3-9-15-24)32-31(36)42-20-23-12-6-2-7-13-23/h1-18,28-29H,19-21H2,(H,32,36)/t28-,29-/m1/s1. The van der Waals surface area contributed by atoms with Crippen LogP contribution >= 0.6 is 0 Å². The highest BCUT2D eigenvalue weighted by molar-refractivity contribution is 5.81. The molecule has 4 aromatic rings. The van der Waals surface area contributed by atoms with Crippen LogP contribution in [-0.4, -0.2) is 34.8 Å². The van der Waals surface area contributed by atoms with E-state index in [-0.39, 0.29) is 13.2 Å². The molecule has 226 valence electrons. The van der Waals surface area contributed by atoms with Crippen LogP contribution in [0, 0.1) is 20.2 Å². The van der Waals surface area contributed by atoms with Crippen molar-refractivity contribution in [3.8, 4) is 5.75 Å². The highest BCUT2D eigenvalue weighted by Crippen LogP contribution is 2.32. The van der Waals surface area contributed by atoms with Gasteiger partial charge in [0.2, 0.25) is 5.75 Å². The summed E-state index contributed by atoms with van der Waals surface area (Å²) >= 11 is 0. The molecule has 0 aliphatic rings. The topological polar surface area (TPSA) is 169 Å². The molecule has 2 atom stereocenters. The molecule has 0 bridgehead atoms. The highest BCUT2D eigenvalue weighted by atomic mass is 16.7. The van der Waals surface area contributed by atoms with Gasteiger partial charge in [0.25, 0.3) is 5.69 Å². The summed E-state index contributed by atoms with van der Waals surface area (Å²) < 4.78 is 22.1. The van der Waals surface area contributed by atoms with E-state index in [2.05, 4.69) is 5.32 Å². The Balaban J connectivity index is 1.59. The zero-order valence-electron chi connectivity index (χ0n) is 23.1. The Kier molecular flexibility index (Phi) is 11.0. The number of hydrogen-bond acceptors (Lipinski definition) is 10. The zero-order valence-corrected chi connectivity index (χ0v) is 23.1. The predicted octanol–water partition coefficient (Wildman–Crippen LogP) is 5.64. The van der Waals surface area contributed by atoms with Gasteiger partial charge in [0.05, 0.1) is 28.6 Å². The molecule has 1 amide bonds. The third kappa shape index (κ3) is 8.92. The van der Waals surface area contributed by atoms with Crippen molar-refractivity contribution < 1.29 is 38.4 Å². The van der Waals surface area contributed by atoms with Crippen molar-refractivity contribution in [3.63, 3.8) is 0 Å². The number of rotatable bonds is 14. The van der Waals surface area contributed by atoms with Crippen molar-refractivity contribution in [1.82, 2.24) is 5.32 Å². The number of nitro benzene ring substituents is 2. The van der Waals surface area contributed by atoms with Crippen LogP contribution in [0.15, 0.2) is 109 Å². The zero-order chi connectivity index (χ0) is 31.3. The number of non-ortho nitro benzene ring substituents is 1. The number of hydrogen-bond donors (Lipinski definition) is 1. The molecule has 0 heterocycles. The van der Waals surface area contributed by atoms with Crippen LogP contribution in [0.4, 0.5) is 16.2 Å². The fourth-order valence-corrected chi connectivity index (χ4v) is 4.06. The van der Waals surface area contributed by atoms with E-state index in [9.17, 15) is 29.8 Å². The third-order valence-electron chi connectivity index (χ3n) is 6.18. The molecule has 13 heteroatoms. The van der Waals surface area contributed by atoms with Crippen LogP contribution in [0.3, 0.4) is 0 Å². The van der Waals surface area contributed by atoms with Gasteiger partial charge in [-0.25, -0.2) is 9.59 Å². The van der Waals surface area contributed by atoms with Crippen LogP contribution < -0.4 is 10.1 Å². The van der Waals surface area contributed by atoms with Gasteiger partial charge in [0, 0.05) is 6.07 Å². The Bertz CT molecular complexity index is 1570. The summed E-state index contributed by atoms with van der Waals surface area (Å²) in [5.41, 5.74) is 0.610. The summed E-state index contributed by atoms with van der Waals surface area (Å²) in [5.74, 6) is -1.69. The van der Waals surface area contributed by atoms with Gasteiger partial charge in [-0.3, -0.25) is 20.2 Å². The lowest BCUT2D eigenvalue weighted by molar-refractivity contribution is -0.394. The summed E-state index contributed by atoms with van der Waals surface area (Å²) in [5, 5.41) is 25.4. The molecular formula is C31H27N3O10. The minimum absolute atomic E-state index is 0.0562. The molecule has 0 spiro atoms. The monoisotopic (exact) mass is 601 g/mol. The number of ether oxygens (including phenoxy) is 4. The third-order valence-corrected chi connectivity index (χ3v) is 6.18. The molecule has 13 nitrogen and oxygen atoms in total. The first-order valence-corrected chi connectivity index (χ1v) is 13.2. The van der Waals surface area contributed by atoms with E-state index in [1.165, 1.54) is 0 Å². The second-order valence-corrected chi connectivity index (χ2v) is 9.22. The van der Waals surface area contributed by atoms with Gasteiger partial charge in [-0.05, 0) is 22.8 Å². The average molecular weight is 602 g/mol. The molecule has 0 saturated carbocycles. The van der Waals surface area contributed by atoms with E-state index >= 15 is 0 Å². The summed E-state index contributed by atoms with van der Waals surface area (Å²) in [6.07, 6.45) is -2.48. The van der Waals surface area contributed by atoms with Crippen LogP contribution in [0.2, 0.25) is 0 Å². The van der Waals surface area contributed by atoms with E-state index in [0.717, 1.165) is 23.3 Å². The Morgan fingerprint density at radius 3 is 1.93 bits per heavy atom. The number of nitro groups is 2. The number of amides is 1. The van der Waals surface area contributed by atoms with E-state index < -0.39 is 58.0 Å². The van der Waals surface area contributed by atoms with Crippen molar-refractivity contribution in [2.24, 2.45) is 0 Å². The molecule has 0 saturated heterocycles. The number of nitrogens with one attached hydrogen (secondary N) is 1. The van der Waals surface area contributed by atoms with Gasteiger partial charge < -0.3 is 24.3 Å². The summed E-state index contributed by atoms with van der Waals surface area (Å²) in [7, 11) is 0. The second-order valence-electron chi connectivity index (χ2n) is 9.22. The number of benzene rings is 4. The van der Waals surface area contributed by atoms with Crippen molar-refractivity contribution in [3.05, 3.63) is 146 Å². The SMILES string of the molecule is O=C(N[C@H](c1ccccc1)[C@@H](OCOCc1ccccc1)C(=O)Oc1ccc([N+](=O)[O-])cc1[N+](=O)[O-])OCc1ccccc1. The van der Waals surface area contributed by atoms with E-state index in [4.69, 9.17) is 18.9 Å². The number of nitrogens with zero attached hydrogens (tertiary/aromatic N) is 2. The molecule has 0 aliphatic carbocycles. The Morgan fingerprint density at radius 1 is 0.750 bits per heavy atom. The van der Waals surface area contributed by atoms with Gasteiger partial charge in [0.15, 0.2) is 6.10 Å². The van der Waals surface area contributed by atoms with Crippen molar-refractivity contribution >= 4 is 23.4 Å². The second kappa shape index (κ2) is 15.5. The molecule has 4 rings (SSSR count). The Labute approximate surface area is 251 Å². The molecule has 1 N–H and O–H groups in total. The molecule has 0 aromatic heterocycles. The first-order valence-electron chi connectivity index (χ1n) is 13.2. The lowest BCUT2D eigenvalue weighted by Crippen LogP contribution is -2.44. The molecule has 0 unspecified atom stereocenters. The maximum Gasteiger partial charge on any atom is 0.408 e. The lowest BCUT2D eigenvalue weighted by atomic mass is 10.0. The first kappa shape index (κ1) is 31.3. The largest absolute Gasteiger partial charge is 0.445 e. The van der Waals surface area contributed by atoms with E-state index in [0.29, 0.717) is 11.6 Å². The summed E-state index contributed by atoms with van der Waals surface area (Å²) in [6, 6.07) is 27.8. The normalized spacial score (nSPS) is 12.0. The number of esters is 1. The molecule has 4 aromatic carbocycles. The van der Waals surface area contributed by atoms with Crippen LogP contribution in [0.1, 0.15) is 22.7 Å². The van der Waals surface area contributed by atoms with Gasteiger partial charge in [-0.15, -0.1) is 0 Å². The van der Waals surface area contributed by atoms with Crippen molar-refractivity contribution in [2.75, 3.05) is 6.79 Å². The number of carbonyl (C=O) groups is 2. The fourth-order valence-electron chi connectivity index (χ4n) is 4.06. The minimum Gasteiger partial charge on any atom is -0.445 e. The number of alkyl carbamates (subject to hydrolysis) is 1. The van der Waals surface area contributed by atoms with Crippen LogP contribution in [0.25, 0.3) is 0 Å². The first-order chi connectivity index (χ1) is 21.3. The summed E-state index contributed by atoms with van der Waals surface area (Å²) in [4.78, 5) is 47.6. The maximum absolute atomic E-state index is 13.6. The molecule has 0 aliphatic heterocycles. The Hall–Kier alpha value is -5.66. The minimum atomic E-state index is -1.60. The molecule has 0 fully saturated rings. The molecule has 0 radical (unpaired) electrons. The maximum atomic E-state index is 13.6. The van der Waals surface area contributed by atoms with Gasteiger partial charge in [0.1, 0.15) is 13.4 Å². The van der Waals surface area contributed by atoms with E-state index in [1.54, 1.807) is 54.6 Å². The van der Waals surface area contributed by atoms with Crippen molar-refractivity contribution in [1.29, 1.82) is 0 Å². The number of carbonyl (C=O) groups excluding carboxylic acids is 2. The lowest BCUT2D eigenvalue weighted by Gasteiger charge is -2.27. The van der Waals surface area contributed by atoms with Crippen LogP contribution in [-0.2, 0) is 32.2 Å². The van der Waals surface area contributed by atoms with Gasteiger partial charge in [-0.2, -0.15) is 0 Å². The quantitative estimate of drug-likeness (QED) is 0.0477. The molecular weight excluding hydrogens is 574 g/mol.